The van der Waals surface area contributed by atoms with E-state index in [1.165, 1.54) is 54.0 Å². The number of rotatable bonds is 12. The predicted molar refractivity (Wildman–Crippen MR) is 226 cm³/mol. The van der Waals surface area contributed by atoms with Crippen LogP contribution in [0, 0.1) is 11.3 Å². The average molecular weight is 791 g/mol. The van der Waals surface area contributed by atoms with E-state index in [0.717, 1.165) is 35.3 Å². The van der Waals surface area contributed by atoms with Gasteiger partial charge in [0.15, 0.2) is 0 Å². The van der Waals surface area contributed by atoms with Crippen molar-refractivity contribution < 1.29 is 24.2 Å². The zero-order valence-electron chi connectivity index (χ0n) is 30.9. The van der Waals surface area contributed by atoms with Crippen LogP contribution in [0.5, 0.6) is 11.5 Å². The summed E-state index contributed by atoms with van der Waals surface area (Å²) in [4.78, 5) is 43.2. The van der Waals surface area contributed by atoms with Crippen LogP contribution in [-0.2, 0) is 22.4 Å². The number of phenols is 1. The molecule has 5 aromatic carbocycles. The molecule has 0 aliphatic heterocycles. The Morgan fingerprint density at radius 1 is 0.895 bits per heavy atom. The average Bonchev–Trinajstić information content (AvgIpc) is 3.60. The standard InChI is InChI=1S/C46H38N4O5S2/c1-55-40-27-35(51)22-20-33(40)24-39(49-43(52)31-16-9-4-10-17-31)44(53)48-34-18-11-19-36(26-34)56-42(30-14-7-3-8-15-30)45(54)50-46-38(28-47)37-23-21-32(25-41(37)57-46)29-12-5-2-6-13-29/h2-20,22,24,26-27,32,42,51H,21,23,25H2,1H3,(H,48,53)(H,49,52)(H,50,54)/b39-24+. The molecule has 6 aromatic rings. The molecule has 2 unspecified atom stereocenters. The van der Waals surface area contributed by atoms with Gasteiger partial charge in [-0.05, 0) is 90.4 Å². The number of carbonyl (C=O) groups excluding carboxylic acids is 3. The number of carbonyl (C=O) groups is 3. The SMILES string of the molecule is COc1cc(O)ccc1/C=C(/NC(=O)c1ccccc1)C(=O)Nc1cccc(SC(C(=O)Nc2sc3c(c2C#N)CCC(c2ccccc2)C3)c2ccccc2)c1. The van der Waals surface area contributed by atoms with Crippen LogP contribution in [0.2, 0.25) is 0 Å². The summed E-state index contributed by atoms with van der Waals surface area (Å²) in [6.07, 6.45) is 4.00. The number of nitriles is 1. The van der Waals surface area contributed by atoms with Gasteiger partial charge in [0.1, 0.15) is 33.5 Å². The first-order chi connectivity index (χ1) is 27.8. The van der Waals surface area contributed by atoms with Crippen molar-refractivity contribution in [2.45, 2.75) is 35.3 Å². The fraction of sp³-hybridized carbons (Fsp3) is 0.130. The first kappa shape index (κ1) is 38.7. The fourth-order valence-corrected chi connectivity index (χ4v) is 9.14. The second-order valence-corrected chi connectivity index (χ2v) is 15.6. The number of thiophene rings is 1. The highest BCUT2D eigenvalue weighted by Gasteiger charge is 2.30. The lowest BCUT2D eigenvalue weighted by Gasteiger charge is -2.22. The highest BCUT2D eigenvalue weighted by atomic mass is 32.2. The molecular formula is C46H38N4O5S2. The molecular weight excluding hydrogens is 753 g/mol. The summed E-state index contributed by atoms with van der Waals surface area (Å²) in [6, 6.07) is 42.3. The minimum absolute atomic E-state index is 0.0166. The Balaban J connectivity index is 1.12. The normalized spacial score (nSPS) is 14.0. The Labute approximate surface area is 339 Å². The van der Waals surface area contributed by atoms with Gasteiger partial charge in [0.05, 0.1) is 12.7 Å². The molecule has 0 bridgehead atoms. The number of ether oxygens (including phenoxy) is 1. The van der Waals surface area contributed by atoms with Crippen LogP contribution in [0.1, 0.15) is 60.6 Å². The van der Waals surface area contributed by atoms with Crippen molar-refractivity contribution >= 4 is 57.6 Å². The van der Waals surface area contributed by atoms with E-state index in [1.807, 2.05) is 42.5 Å². The molecule has 284 valence electrons. The number of aromatic hydroxyl groups is 1. The number of nitrogens with zero attached hydrogens (tertiary/aromatic N) is 1. The van der Waals surface area contributed by atoms with Gasteiger partial charge in [-0.2, -0.15) is 5.26 Å². The molecule has 0 radical (unpaired) electrons. The van der Waals surface area contributed by atoms with E-state index < -0.39 is 17.1 Å². The predicted octanol–water partition coefficient (Wildman–Crippen LogP) is 9.49. The van der Waals surface area contributed by atoms with Crippen molar-refractivity contribution in [1.29, 1.82) is 5.26 Å². The number of phenolic OH excluding ortho intramolecular Hbond substituents is 1. The smallest absolute Gasteiger partial charge is 0.272 e. The molecule has 0 spiro atoms. The van der Waals surface area contributed by atoms with Gasteiger partial charge in [-0.1, -0.05) is 84.9 Å². The summed E-state index contributed by atoms with van der Waals surface area (Å²) < 4.78 is 5.42. The van der Waals surface area contributed by atoms with Crippen molar-refractivity contribution in [3.63, 3.8) is 0 Å². The number of thioether (sulfide) groups is 1. The number of fused-ring (bicyclic) bond motifs is 1. The second-order valence-electron chi connectivity index (χ2n) is 13.4. The minimum Gasteiger partial charge on any atom is -0.508 e. The summed E-state index contributed by atoms with van der Waals surface area (Å²) in [5, 5.41) is 28.8. The van der Waals surface area contributed by atoms with E-state index in [9.17, 15) is 24.8 Å². The third kappa shape index (κ3) is 9.27. The molecule has 57 heavy (non-hydrogen) atoms. The Kier molecular flexibility index (Phi) is 12.1. The van der Waals surface area contributed by atoms with E-state index in [1.54, 1.807) is 54.6 Å². The molecule has 2 atom stereocenters. The third-order valence-electron chi connectivity index (χ3n) is 9.62. The zero-order valence-corrected chi connectivity index (χ0v) is 32.5. The van der Waals surface area contributed by atoms with Gasteiger partial charge in [-0.3, -0.25) is 14.4 Å². The van der Waals surface area contributed by atoms with E-state index in [4.69, 9.17) is 4.74 Å². The fourth-order valence-electron chi connectivity index (χ4n) is 6.78. The third-order valence-corrected chi connectivity index (χ3v) is 12.0. The molecule has 0 fully saturated rings. The summed E-state index contributed by atoms with van der Waals surface area (Å²) in [5.74, 6) is -0.717. The topological polar surface area (TPSA) is 141 Å². The van der Waals surface area contributed by atoms with Crippen LogP contribution in [-0.4, -0.2) is 29.9 Å². The van der Waals surface area contributed by atoms with Crippen molar-refractivity contribution in [3.8, 4) is 17.6 Å². The number of benzene rings is 5. The lowest BCUT2D eigenvalue weighted by atomic mass is 9.83. The Morgan fingerprint density at radius 2 is 1.61 bits per heavy atom. The molecule has 11 heteroatoms. The molecule has 7 rings (SSSR count). The molecule has 0 saturated carbocycles. The van der Waals surface area contributed by atoms with Gasteiger partial charge < -0.3 is 25.8 Å². The minimum atomic E-state index is -0.692. The molecule has 1 aliphatic rings. The molecule has 3 amide bonds. The van der Waals surface area contributed by atoms with Crippen LogP contribution in [0.15, 0.2) is 144 Å². The maximum Gasteiger partial charge on any atom is 0.272 e. The molecule has 1 heterocycles. The Morgan fingerprint density at radius 3 is 2.33 bits per heavy atom. The van der Waals surface area contributed by atoms with E-state index in [2.05, 4.69) is 46.3 Å². The molecule has 4 N–H and O–H groups in total. The molecule has 0 saturated heterocycles. The maximum atomic E-state index is 14.2. The number of hydrogen-bond acceptors (Lipinski definition) is 8. The van der Waals surface area contributed by atoms with E-state index in [-0.39, 0.29) is 17.4 Å². The van der Waals surface area contributed by atoms with Crippen LogP contribution >= 0.6 is 23.1 Å². The van der Waals surface area contributed by atoms with Crippen LogP contribution in [0.4, 0.5) is 10.7 Å². The van der Waals surface area contributed by atoms with Gasteiger partial charge in [0.2, 0.25) is 5.91 Å². The quantitative estimate of drug-likeness (QED) is 0.0715. The van der Waals surface area contributed by atoms with Crippen molar-refractivity contribution in [3.05, 3.63) is 177 Å². The number of amides is 3. The lowest BCUT2D eigenvalue weighted by Crippen LogP contribution is -2.30. The van der Waals surface area contributed by atoms with Crippen LogP contribution < -0.4 is 20.7 Å². The number of anilines is 2. The van der Waals surface area contributed by atoms with Crippen LogP contribution in [0.25, 0.3) is 6.08 Å². The van der Waals surface area contributed by atoms with Crippen LogP contribution in [0.3, 0.4) is 0 Å². The highest BCUT2D eigenvalue weighted by Crippen LogP contribution is 2.44. The largest absolute Gasteiger partial charge is 0.508 e. The highest BCUT2D eigenvalue weighted by molar-refractivity contribution is 8.00. The lowest BCUT2D eigenvalue weighted by molar-refractivity contribution is -0.116. The summed E-state index contributed by atoms with van der Waals surface area (Å²) in [5.41, 5.74) is 4.79. The van der Waals surface area contributed by atoms with E-state index in [0.29, 0.717) is 43.9 Å². The first-order valence-electron chi connectivity index (χ1n) is 18.3. The summed E-state index contributed by atoms with van der Waals surface area (Å²) in [6.45, 7) is 0. The monoisotopic (exact) mass is 790 g/mol. The van der Waals surface area contributed by atoms with Crippen molar-refractivity contribution in [2.75, 3.05) is 17.7 Å². The van der Waals surface area contributed by atoms with Crippen molar-refractivity contribution in [1.82, 2.24) is 5.32 Å². The zero-order chi connectivity index (χ0) is 39.7. The maximum absolute atomic E-state index is 14.2. The second kappa shape index (κ2) is 17.9. The number of methoxy groups -OCH3 is 1. The van der Waals surface area contributed by atoms with Gasteiger partial charge >= 0.3 is 0 Å². The van der Waals surface area contributed by atoms with Gasteiger partial charge in [0, 0.05) is 32.7 Å². The first-order valence-corrected chi connectivity index (χ1v) is 20.0. The Hall–Kier alpha value is -6.61. The molecule has 1 aliphatic carbocycles. The number of nitrogens with one attached hydrogen (secondary N) is 3. The van der Waals surface area contributed by atoms with Gasteiger partial charge in [0.25, 0.3) is 11.8 Å². The van der Waals surface area contributed by atoms with Gasteiger partial charge in [-0.25, -0.2) is 0 Å². The Bertz CT molecular complexity index is 2480. The molecule has 9 nitrogen and oxygen atoms in total. The summed E-state index contributed by atoms with van der Waals surface area (Å²) >= 11 is 2.80. The number of hydrogen-bond donors (Lipinski definition) is 4. The van der Waals surface area contributed by atoms with Crippen molar-refractivity contribution in [2.24, 2.45) is 0 Å². The molecule has 1 aromatic heterocycles. The summed E-state index contributed by atoms with van der Waals surface area (Å²) in [7, 11) is 1.44. The van der Waals surface area contributed by atoms with E-state index >= 15 is 0 Å². The van der Waals surface area contributed by atoms with Gasteiger partial charge in [-0.15, -0.1) is 23.1 Å².